The standard InChI is InChI=1S/Cl3HSi.Sn.2H/c1-4(2)3;;;/h4H;;;. The van der Waals surface area contributed by atoms with Crippen molar-refractivity contribution in [2.75, 3.05) is 0 Å². The van der Waals surface area contributed by atoms with E-state index in [0.717, 1.165) is 0 Å². The predicted octanol–water partition coefficient (Wildman–Crippen LogP) is 0.504. The van der Waals surface area contributed by atoms with Gasteiger partial charge < -0.3 is 0 Å². The molecule has 0 aromatic rings. The van der Waals surface area contributed by atoms with E-state index in [9.17, 15) is 0 Å². The number of rotatable bonds is 0. The molecule has 0 N–H and O–H groups in total. The molecule has 0 atom stereocenters. The van der Waals surface area contributed by atoms with Crippen LogP contribution in [0.5, 0.6) is 0 Å². The average molecular weight is 256 g/mol. The van der Waals surface area contributed by atoms with Gasteiger partial charge >= 0.3 is 30.6 Å². The first-order valence-electron chi connectivity index (χ1n) is 0.655. The molecular weight excluding hydrogens is 253 g/mol. The van der Waals surface area contributed by atoms with Crippen molar-refractivity contribution in [1.82, 2.24) is 0 Å². The van der Waals surface area contributed by atoms with E-state index < -0.39 is 6.73 Å². The van der Waals surface area contributed by atoms with Gasteiger partial charge in [-0.25, -0.2) is 0 Å². The van der Waals surface area contributed by atoms with Gasteiger partial charge in [0.15, 0.2) is 0 Å². The summed E-state index contributed by atoms with van der Waals surface area (Å²) in [4.78, 5) is 0. The van der Waals surface area contributed by atoms with Crippen molar-refractivity contribution < 1.29 is 0 Å². The number of hydrogen-bond acceptors (Lipinski definition) is 0. The van der Waals surface area contributed by atoms with Crippen molar-refractivity contribution >= 4 is 63.9 Å². The zero-order valence-corrected chi connectivity index (χ0v) is 9.88. The Hall–Kier alpha value is 1.89. The van der Waals surface area contributed by atoms with E-state index in [1.807, 2.05) is 0 Å². The second-order valence-electron chi connectivity index (χ2n) is 0.247. The summed E-state index contributed by atoms with van der Waals surface area (Å²) in [6.45, 7) is -1.72. The van der Waals surface area contributed by atoms with Crippen molar-refractivity contribution in [2.45, 2.75) is 0 Å². The van der Waals surface area contributed by atoms with Gasteiger partial charge in [0.05, 0.1) is 0 Å². The summed E-state index contributed by atoms with van der Waals surface area (Å²) in [5, 5.41) is 0. The summed E-state index contributed by atoms with van der Waals surface area (Å²) < 4.78 is 0. The van der Waals surface area contributed by atoms with E-state index in [2.05, 4.69) is 0 Å². The van der Waals surface area contributed by atoms with Gasteiger partial charge in [0.2, 0.25) is 0 Å². The normalized spacial score (nSPS) is 7.20. The second kappa shape index (κ2) is 5.89. The van der Waals surface area contributed by atoms with Gasteiger partial charge in [-0.1, -0.05) is 0 Å². The van der Waals surface area contributed by atoms with Crippen LogP contribution in [0.4, 0.5) is 0 Å². The zero-order chi connectivity index (χ0) is 3.58. The predicted molar refractivity (Wildman–Crippen MR) is 33.3 cm³/mol. The summed E-state index contributed by atoms with van der Waals surface area (Å²) in [6.07, 6.45) is 0. The van der Waals surface area contributed by atoms with Crippen LogP contribution >= 0.6 is 33.2 Å². The van der Waals surface area contributed by atoms with Crippen molar-refractivity contribution in [3.63, 3.8) is 0 Å². The number of halogens is 3. The third-order valence-electron chi connectivity index (χ3n) is 0. The molecule has 0 saturated heterocycles. The molecule has 0 heterocycles. The van der Waals surface area contributed by atoms with E-state index >= 15 is 0 Å². The molecule has 0 rings (SSSR count). The van der Waals surface area contributed by atoms with Gasteiger partial charge in [0.1, 0.15) is 0 Å². The minimum absolute atomic E-state index is 0. The fourth-order valence-electron chi connectivity index (χ4n) is 0. The Morgan fingerprint density at radius 2 is 1.00 bits per heavy atom. The molecule has 32 valence electrons. The Bertz CT molecular complexity index is 11.6. The molecule has 5 heavy (non-hydrogen) atoms. The summed E-state index contributed by atoms with van der Waals surface area (Å²) in [5.74, 6) is 0. The van der Waals surface area contributed by atoms with Crippen LogP contribution in [0, 0.1) is 0 Å². The third kappa shape index (κ3) is 25.0. The fraction of sp³-hybridized carbons (Fsp3) is 0. The first-order valence-corrected chi connectivity index (χ1v) is 5.89. The van der Waals surface area contributed by atoms with E-state index in [1.54, 1.807) is 0 Å². The van der Waals surface area contributed by atoms with Gasteiger partial charge in [-0.15, -0.1) is 33.2 Å². The van der Waals surface area contributed by atoms with Crippen molar-refractivity contribution in [3.8, 4) is 0 Å². The molecule has 0 unspecified atom stereocenters. The Balaban J connectivity index is 0. The Morgan fingerprint density at radius 1 is 1.00 bits per heavy atom. The average Bonchev–Trinajstić information content (AvgIpc) is 0.811. The fourth-order valence-corrected chi connectivity index (χ4v) is 0. The van der Waals surface area contributed by atoms with E-state index in [0.29, 0.717) is 0 Å². The van der Waals surface area contributed by atoms with Crippen molar-refractivity contribution in [2.24, 2.45) is 0 Å². The molecule has 0 amide bonds. The minimum atomic E-state index is -1.72. The van der Waals surface area contributed by atoms with Crippen LogP contribution in [0.1, 0.15) is 0 Å². The van der Waals surface area contributed by atoms with Crippen LogP contribution in [0.25, 0.3) is 0 Å². The summed E-state index contributed by atoms with van der Waals surface area (Å²) in [7, 11) is 0. The van der Waals surface area contributed by atoms with Crippen molar-refractivity contribution in [3.05, 3.63) is 0 Å². The van der Waals surface area contributed by atoms with Crippen LogP contribution in [0.2, 0.25) is 0 Å². The molecule has 0 bridgehead atoms. The van der Waals surface area contributed by atoms with Crippen molar-refractivity contribution in [1.29, 1.82) is 0 Å². The molecule has 0 saturated carbocycles. The maximum atomic E-state index is 4.94. The molecule has 0 aliphatic rings. The van der Waals surface area contributed by atoms with Gasteiger partial charge in [0.25, 0.3) is 0 Å². The van der Waals surface area contributed by atoms with Crippen LogP contribution < -0.4 is 0 Å². The summed E-state index contributed by atoms with van der Waals surface area (Å²) in [6, 6.07) is 0. The monoisotopic (exact) mass is 256 g/mol. The summed E-state index contributed by atoms with van der Waals surface area (Å²) >= 11 is 14.8. The molecule has 0 aliphatic heterocycles. The Morgan fingerprint density at radius 3 is 1.00 bits per heavy atom. The molecule has 5 heteroatoms. The summed E-state index contributed by atoms with van der Waals surface area (Å²) in [5.41, 5.74) is 0. The van der Waals surface area contributed by atoms with E-state index in [4.69, 9.17) is 33.2 Å². The molecule has 2 radical (unpaired) electrons. The Labute approximate surface area is 63.5 Å². The van der Waals surface area contributed by atoms with Gasteiger partial charge in [-0.2, -0.15) is 0 Å². The molecule has 0 fully saturated rings. The van der Waals surface area contributed by atoms with Crippen LogP contribution in [0.3, 0.4) is 0 Å². The maximum absolute atomic E-state index is 4.94. The van der Waals surface area contributed by atoms with Gasteiger partial charge in [0, 0.05) is 0 Å². The van der Waals surface area contributed by atoms with E-state index in [1.165, 1.54) is 0 Å². The molecule has 0 nitrogen and oxygen atoms in total. The molecule has 0 spiro atoms. The first-order chi connectivity index (χ1) is 1.73. The quantitative estimate of drug-likeness (QED) is 0.437. The van der Waals surface area contributed by atoms with Crippen LogP contribution in [-0.2, 0) is 0 Å². The van der Waals surface area contributed by atoms with Gasteiger partial charge in [-0.3, -0.25) is 0 Å². The zero-order valence-electron chi connectivity index (χ0n) is 2.42. The molecule has 0 aliphatic carbocycles. The Kier molecular flexibility index (Phi) is 11.8. The van der Waals surface area contributed by atoms with Crippen LogP contribution in [0.15, 0.2) is 0 Å². The topological polar surface area (TPSA) is 0 Å². The first kappa shape index (κ1) is 9.99. The number of hydrogen-bond donors (Lipinski definition) is 0. The SMILES string of the molecule is Cl[SiH](Cl)Cl.[SnH2]. The molecular formula is H3Cl3SiSn. The van der Waals surface area contributed by atoms with Gasteiger partial charge in [-0.05, 0) is 0 Å². The van der Waals surface area contributed by atoms with Crippen LogP contribution in [-0.4, -0.2) is 30.6 Å². The van der Waals surface area contributed by atoms with E-state index in [-0.39, 0.29) is 23.9 Å². The molecule has 0 aromatic heterocycles. The second-order valence-corrected chi connectivity index (χ2v) is 6.68. The molecule has 0 aromatic carbocycles. The third-order valence-corrected chi connectivity index (χ3v) is 0.